The Morgan fingerprint density at radius 1 is 1.16 bits per heavy atom. The summed E-state index contributed by atoms with van der Waals surface area (Å²) in [6.07, 6.45) is 9.39. The van der Waals surface area contributed by atoms with Gasteiger partial charge in [0.1, 0.15) is 0 Å². The molecule has 1 rings (SSSR count). The molecule has 1 aromatic carbocycles. The highest BCUT2D eigenvalue weighted by molar-refractivity contribution is 14.1. The van der Waals surface area contributed by atoms with E-state index < -0.39 is 0 Å². The summed E-state index contributed by atoms with van der Waals surface area (Å²) >= 11 is 6.06. The summed E-state index contributed by atoms with van der Waals surface area (Å²) in [4.78, 5) is 0. The van der Waals surface area contributed by atoms with Gasteiger partial charge in [0, 0.05) is 14.1 Å². The summed E-state index contributed by atoms with van der Waals surface area (Å²) in [5, 5.41) is 3.46. The summed E-state index contributed by atoms with van der Waals surface area (Å²) in [5.41, 5.74) is 1.39. The summed E-state index contributed by atoms with van der Waals surface area (Å²) in [5.74, 6) is 0. The van der Waals surface area contributed by atoms with Crippen LogP contribution in [0.15, 0.2) is 22.7 Å². The molecule has 0 fully saturated rings. The Kier molecular flexibility index (Phi) is 9.33. The molecule has 1 N–H and O–H groups in total. The lowest BCUT2D eigenvalue weighted by Gasteiger charge is -2.18. The van der Waals surface area contributed by atoms with Crippen LogP contribution < -0.4 is 5.32 Å². The predicted molar refractivity (Wildman–Crippen MR) is 96.7 cm³/mol. The Labute approximate surface area is 140 Å². The van der Waals surface area contributed by atoms with E-state index in [2.05, 4.69) is 76.0 Å². The van der Waals surface area contributed by atoms with Gasteiger partial charge in [-0.25, -0.2) is 0 Å². The van der Waals surface area contributed by atoms with Crippen LogP contribution in [0.4, 0.5) is 0 Å². The van der Waals surface area contributed by atoms with Gasteiger partial charge in [0.25, 0.3) is 0 Å². The molecule has 0 spiro atoms. The fourth-order valence-corrected chi connectivity index (χ4v) is 3.40. The molecule has 1 nitrogen and oxygen atoms in total. The molecule has 0 aliphatic heterocycles. The van der Waals surface area contributed by atoms with Crippen molar-refractivity contribution < 1.29 is 0 Å². The molecule has 0 aromatic heterocycles. The maximum atomic E-state index is 3.67. The summed E-state index contributed by atoms with van der Waals surface area (Å²) in [6, 6.07) is 7.05. The van der Waals surface area contributed by atoms with Crippen LogP contribution in [0, 0.1) is 3.57 Å². The fraction of sp³-hybridized carbons (Fsp3) is 0.625. The van der Waals surface area contributed by atoms with Crippen LogP contribution in [-0.4, -0.2) is 7.05 Å². The molecule has 108 valence electrons. The van der Waals surface area contributed by atoms with Crippen LogP contribution in [0.1, 0.15) is 63.5 Å². The van der Waals surface area contributed by atoms with E-state index in [1.54, 1.807) is 0 Å². The third kappa shape index (κ3) is 6.58. The number of hydrogen-bond acceptors (Lipinski definition) is 1. The number of rotatable bonds is 9. The van der Waals surface area contributed by atoms with Crippen molar-refractivity contribution in [1.29, 1.82) is 0 Å². The average Bonchev–Trinajstić information content (AvgIpc) is 2.41. The topological polar surface area (TPSA) is 12.0 Å². The van der Waals surface area contributed by atoms with Gasteiger partial charge in [-0.1, -0.05) is 61.4 Å². The van der Waals surface area contributed by atoms with E-state index in [1.165, 1.54) is 58.6 Å². The Hall–Kier alpha value is 0.390. The SMILES string of the molecule is CCCCCCCCC(NC)c1cc(I)ccc1Br. The molecule has 0 amide bonds. The minimum atomic E-state index is 0.468. The summed E-state index contributed by atoms with van der Waals surface area (Å²) in [7, 11) is 2.06. The Bertz CT molecular complexity index is 368. The third-order valence-electron chi connectivity index (χ3n) is 3.53. The lowest BCUT2D eigenvalue weighted by molar-refractivity contribution is 0.496. The van der Waals surface area contributed by atoms with Gasteiger partial charge in [-0.15, -0.1) is 0 Å². The van der Waals surface area contributed by atoms with Crippen LogP contribution >= 0.6 is 38.5 Å². The first kappa shape index (κ1) is 17.4. The Morgan fingerprint density at radius 3 is 2.53 bits per heavy atom. The van der Waals surface area contributed by atoms with Gasteiger partial charge in [0.05, 0.1) is 0 Å². The van der Waals surface area contributed by atoms with Crippen molar-refractivity contribution in [2.24, 2.45) is 0 Å². The number of unbranched alkanes of at least 4 members (excludes halogenated alkanes) is 5. The van der Waals surface area contributed by atoms with E-state index in [4.69, 9.17) is 0 Å². The van der Waals surface area contributed by atoms with Gasteiger partial charge in [-0.05, 0) is 59.8 Å². The van der Waals surface area contributed by atoms with Crippen molar-refractivity contribution in [3.63, 3.8) is 0 Å². The first-order valence-electron chi connectivity index (χ1n) is 7.31. The second-order valence-corrected chi connectivity index (χ2v) is 7.16. The van der Waals surface area contributed by atoms with E-state index in [0.717, 1.165) is 0 Å². The first-order valence-corrected chi connectivity index (χ1v) is 9.18. The molecular formula is C16H25BrIN. The van der Waals surface area contributed by atoms with Crippen LogP contribution in [0.2, 0.25) is 0 Å². The molecule has 1 unspecified atom stereocenters. The van der Waals surface area contributed by atoms with E-state index in [9.17, 15) is 0 Å². The van der Waals surface area contributed by atoms with Crippen LogP contribution in [0.5, 0.6) is 0 Å². The van der Waals surface area contributed by atoms with E-state index in [-0.39, 0.29) is 0 Å². The fourth-order valence-electron chi connectivity index (χ4n) is 2.37. The predicted octanol–water partition coefficient (Wildman–Crippen LogP) is 6.06. The lowest BCUT2D eigenvalue weighted by atomic mass is 10.00. The second kappa shape index (κ2) is 10.2. The number of hydrogen-bond donors (Lipinski definition) is 1. The zero-order valence-corrected chi connectivity index (χ0v) is 15.8. The van der Waals surface area contributed by atoms with Crippen molar-refractivity contribution >= 4 is 38.5 Å². The Balaban J connectivity index is 2.42. The molecule has 0 bridgehead atoms. The summed E-state index contributed by atoms with van der Waals surface area (Å²) in [6.45, 7) is 2.27. The molecule has 0 saturated carbocycles. The standard InChI is InChI=1S/C16H25BrIN/c1-3-4-5-6-7-8-9-16(19-2)14-12-13(18)10-11-15(14)17/h10-12,16,19H,3-9H2,1-2H3. The Morgan fingerprint density at radius 2 is 1.84 bits per heavy atom. The lowest BCUT2D eigenvalue weighted by Crippen LogP contribution is -2.17. The van der Waals surface area contributed by atoms with Crippen molar-refractivity contribution in [2.75, 3.05) is 7.05 Å². The van der Waals surface area contributed by atoms with Crippen LogP contribution in [0.25, 0.3) is 0 Å². The second-order valence-electron chi connectivity index (χ2n) is 5.06. The van der Waals surface area contributed by atoms with Crippen molar-refractivity contribution in [1.82, 2.24) is 5.32 Å². The zero-order valence-electron chi connectivity index (χ0n) is 12.0. The van der Waals surface area contributed by atoms with Crippen molar-refractivity contribution in [2.45, 2.75) is 57.9 Å². The van der Waals surface area contributed by atoms with Crippen LogP contribution in [0.3, 0.4) is 0 Å². The first-order chi connectivity index (χ1) is 9.19. The van der Waals surface area contributed by atoms with Gasteiger partial charge >= 0.3 is 0 Å². The van der Waals surface area contributed by atoms with Crippen molar-refractivity contribution in [3.05, 3.63) is 31.8 Å². The molecule has 0 aliphatic carbocycles. The molecule has 19 heavy (non-hydrogen) atoms. The van der Waals surface area contributed by atoms with E-state index >= 15 is 0 Å². The van der Waals surface area contributed by atoms with Gasteiger partial charge in [0.2, 0.25) is 0 Å². The minimum absolute atomic E-state index is 0.468. The molecular weight excluding hydrogens is 413 g/mol. The smallest absolute Gasteiger partial charge is 0.0329 e. The molecule has 0 radical (unpaired) electrons. The van der Waals surface area contributed by atoms with Gasteiger partial charge in [-0.3, -0.25) is 0 Å². The highest BCUT2D eigenvalue weighted by Crippen LogP contribution is 2.28. The average molecular weight is 438 g/mol. The van der Waals surface area contributed by atoms with Crippen LogP contribution in [-0.2, 0) is 0 Å². The van der Waals surface area contributed by atoms with E-state index in [0.29, 0.717) is 6.04 Å². The number of benzene rings is 1. The third-order valence-corrected chi connectivity index (χ3v) is 4.92. The highest BCUT2D eigenvalue weighted by Gasteiger charge is 2.12. The largest absolute Gasteiger partial charge is 0.313 e. The highest BCUT2D eigenvalue weighted by atomic mass is 127. The molecule has 0 aliphatic rings. The van der Waals surface area contributed by atoms with Crippen molar-refractivity contribution in [3.8, 4) is 0 Å². The summed E-state index contributed by atoms with van der Waals surface area (Å²) < 4.78 is 2.53. The number of halogens is 2. The molecule has 0 saturated heterocycles. The normalized spacial score (nSPS) is 12.6. The molecule has 1 atom stereocenters. The maximum absolute atomic E-state index is 3.67. The quantitative estimate of drug-likeness (QED) is 0.365. The number of nitrogens with one attached hydrogen (secondary N) is 1. The van der Waals surface area contributed by atoms with E-state index in [1.807, 2.05) is 0 Å². The molecule has 0 heterocycles. The maximum Gasteiger partial charge on any atom is 0.0329 e. The van der Waals surface area contributed by atoms with Gasteiger partial charge in [-0.2, -0.15) is 0 Å². The van der Waals surface area contributed by atoms with Gasteiger partial charge < -0.3 is 5.32 Å². The molecule has 3 heteroatoms. The minimum Gasteiger partial charge on any atom is -0.313 e. The van der Waals surface area contributed by atoms with Gasteiger partial charge in [0.15, 0.2) is 0 Å². The zero-order chi connectivity index (χ0) is 14.1. The monoisotopic (exact) mass is 437 g/mol. The molecule has 1 aromatic rings.